The Kier molecular flexibility index (Phi) is 4.94. The van der Waals surface area contributed by atoms with Crippen LogP contribution < -0.4 is 10.3 Å². The molecular weight excluding hydrogens is 336 g/mol. The fourth-order valence-corrected chi connectivity index (χ4v) is 3.17. The molecule has 0 bridgehead atoms. The van der Waals surface area contributed by atoms with Gasteiger partial charge in [0.15, 0.2) is 5.13 Å². The van der Waals surface area contributed by atoms with Gasteiger partial charge in [-0.2, -0.15) is 5.10 Å². The molecule has 1 aliphatic carbocycles. The molecule has 1 aromatic carbocycles. The molecule has 0 unspecified atom stereocenters. The van der Waals surface area contributed by atoms with Crippen LogP contribution in [0.15, 0.2) is 28.7 Å². The average molecular weight is 356 g/mol. The molecule has 6 nitrogen and oxygen atoms in total. The number of aryl methyl sites for hydroxylation is 2. The SMILES string of the molecule is CC(=O)N(c1ccc(C)c(C)c1)c1nc(/C=N\NC(=O)C2CC2)cs1. The molecule has 1 aromatic heterocycles. The number of hydrogen-bond acceptors (Lipinski definition) is 5. The topological polar surface area (TPSA) is 74.7 Å². The quantitative estimate of drug-likeness (QED) is 0.660. The lowest BCUT2D eigenvalue weighted by atomic mass is 10.1. The summed E-state index contributed by atoms with van der Waals surface area (Å²) < 4.78 is 0. The Labute approximate surface area is 150 Å². The number of nitrogens with zero attached hydrogens (tertiary/aromatic N) is 3. The van der Waals surface area contributed by atoms with Crippen molar-refractivity contribution in [3.05, 3.63) is 40.4 Å². The van der Waals surface area contributed by atoms with Gasteiger partial charge in [-0.25, -0.2) is 10.4 Å². The summed E-state index contributed by atoms with van der Waals surface area (Å²) in [5, 5.41) is 6.31. The molecule has 25 heavy (non-hydrogen) atoms. The van der Waals surface area contributed by atoms with Crippen LogP contribution in [0.4, 0.5) is 10.8 Å². The molecule has 1 aliphatic rings. The number of aromatic nitrogens is 1. The first-order chi connectivity index (χ1) is 12.0. The van der Waals surface area contributed by atoms with Gasteiger partial charge in [-0.05, 0) is 49.9 Å². The van der Waals surface area contributed by atoms with Gasteiger partial charge in [0.1, 0.15) is 0 Å². The van der Waals surface area contributed by atoms with Crippen LogP contribution in [0, 0.1) is 19.8 Å². The highest BCUT2D eigenvalue weighted by molar-refractivity contribution is 7.14. The summed E-state index contributed by atoms with van der Waals surface area (Å²) in [6, 6.07) is 5.88. The van der Waals surface area contributed by atoms with E-state index >= 15 is 0 Å². The van der Waals surface area contributed by atoms with E-state index in [9.17, 15) is 9.59 Å². The van der Waals surface area contributed by atoms with Crippen molar-refractivity contribution in [1.29, 1.82) is 0 Å². The second-order valence-corrected chi connectivity index (χ2v) is 7.02. The molecule has 0 saturated heterocycles. The van der Waals surface area contributed by atoms with Gasteiger partial charge in [0.05, 0.1) is 17.6 Å². The lowest BCUT2D eigenvalue weighted by Crippen LogP contribution is -2.22. The molecule has 3 rings (SSSR count). The van der Waals surface area contributed by atoms with Crippen LogP contribution in [0.1, 0.15) is 36.6 Å². The molecule has 0 radical (unpaired) electrons. The Bertz CT molecular complexity index is 839. The highest BCUT2D eigenvalue weighted by Gasteiger charge is 2.29. The maximum atomic E-state index is 12.1. The fourth-order valence-electron chi connectivity index (χ4n) is 2.33. The van der Waals surface area contributed by atoms with Gasteiger partial charge < -0.3 is 0 Å². The van der Waals surface area contributed by atoms with Crippen LogP contribution in [-0.2, 0) is 9.59 Å². The lowest BCUT2D eigenvalue weighted by molar-refractivity contribution is -0.122. The van der Waals surface area contributed by atoms with Crippen molar-refractivity contribution < 1.29 is 9.59 Å². The van der Waals surface area contributed by atoms with Crippen molar-refractivity contribution in [3.8, 4) is 0 Å². The molecule has 1 saturated carbocycles. The van der Waals surface area contributed by atoms with E-state index in [1.165, 1.54) is 30.0 Å². The minimum absolute atomic E-state index is 0.0489. The first-order valence-corrected chi connectivity index (χ1v) is 9.00. The highest BCUT2D eigenvalue weighted by atomic mass is 32.1. The Morgan fingerprint density at radius 1 is 1.32 bits per heavy atom. The average Bonchev–Trinajstić information content (AvgIpc) is 3.32. The summed E-state index contributed by atoms with van der Waals surface area (Å²) in [6.07, 6.45) is 3.37. The zero-order valence-corrected chi connectivity index (χ0v) is 15.3. The monoisotopic (exact) mass is 356 g/mol. The first-order valence-electron chi connectivity index (χ1n) is 8.12. The maximum Gasteiger partial charge on any atom is 0.243 e. The number of nitrogens with one attached hydrogen (secondary N) is 1. The molecule has 130 valence electrons. The smallest absolute Gasteiger partial charge is 0.243 e. The zero-order valence-electron chi connectivity index (χ0n) is 14.4. The number of hydrogen-bond donors (Lipinski definition) is 1. The number of hydrazone groups is 1. The third-order valence-corrected chi connectivity index (χ3v) is 4.93. The van der Waals surface area contributed by atoms with Gasteiger partial charge >= 0.3 is 0 Å². The Morgan fingerprint density at radius 3 is 2.72 bits per heavy atom. The van der Waals surface area contributed by atoms with Crippen molar-refractivity contribution in [3.63, 3.8) is 0 Å². The van der Waals surface area contributed by atoms with Crippen molar-refractivity contribution in [1.82, 2.24) is 10.4 Å². The van der Waals surface area contributed by atoms with Crippen LogP contribution >= 0.6 is 11.3 Å². The van der Waals surface area contributed by atoms with Crippen molar-refractivity contribution in [2.45, 2.75) is 33.6 Å². The summed E-state index contributed by atoms with van der Waals surface area (Å²) in [5.41, 5.74) is 6.19. The second kappa shape index (κ2) is 7.14. The van der Waals surface area contributed by atoms with Gasteiger partial charge in [-0.1, -0.05) is 6.07 Å². The summed E-state index contributed by atoms with van der Waals surface area (Å²) >= 11 is 1.36. The number of amides is 2. The third-order valence-electron chi connectivity index (χ3n) is 4.08. The largest absolute Gasteiger partial charge is 0.274 e. The van der Waals surface area contributed by atoms with E-state index in [2.05, 4.69) is 15.5 Å². The normalized spacial score (nSPS) is 13.9. The summed E-state index contributed by atoms with van der Waals surface area (Å²) in [4.78, 5) is 29.7. The lowest BCUT2D eigenvalue weighted by Gasteiger charge is -2.19. The van der Waals surface area contributed by atoms with Crippen LogP contribution in [0.5, 0.6) is 0 Å². The van der Waals surface area contributed by atoms with Crippen LogP contribution in [0.3, 0.4) is 0 Å². The predicted octanol–water partition coefficient (Wildman–Crippen LogP) is 3.30. The number of anilines is 2. The Hall–Kier alpha value is -2.54. The number of rotatable bonds is 5. The third kappa shape index (κ3) is 4.11. The van der Waals surface area contributed by atoms with E-state index in [0.29, 0.717) is 10.8 Å². The molecule has 1 fully saturated rings. The van der Waals surface area contributed by atoms with Gasteiger partial charge in [-0.3, -0.25) is 14.5 Å². The second-order valence-electron chi connectivity index (χ2n) is 6.19. The molecule has 1 N–H and O–H groups in total. The van der Waals surface area contributed by atoms with Crippen LogP contribution in [0.25, 0.3) is 0 Å². The summed E-state index contributed by atoms with van der Waals surface area (Å²) in [7, 11) is 0. The van der Waals surface area contributed by atoms with Crippen molar-refractivity contribution in [2.75, 3.05) is 4.90 Å². The number of thiazole rings is 1. The minimum Gasteiger partial charge on any atom is -0.274 e. The van der Waals surface area contributed by atoms with Crippen molar-refractivity contribution >= 4 is 40.2 Å². The highest BCUT2D eigenvalue weighted by Crippen LogP contribution is 2.30. The fraction of sp³-hybridized carbons (Fsp3) is 0.333. The van der Waals surface area contributed by atoms with Crippen molar-refractivity contribution in [2.24, 2.45) is 11.0 Å². The van der Waals surface area contributed by atoms with E-state index in [0.717, 1.165) is 24.1 Å². The predicted molar refractivity (Wildman–Crippen MR) is 99.3 cm³/mol. The molecular formula is C18H20N4O2S. The standard InChI is InChI=1S/C18H20N4O2S/c1-11-4-7-16(8-12(11)2)22(13(3)23)18-20-15(10-25-18)9-19-21-17(24)14-5-6-14/h4,7-10,14H,5-6H2,1-3H3,(H,21,24)/b19-9-. The zero-order chi connectivity index (χ0) is 18.0. The molecule has 0 atom stereocenters. The molecule has 2 aromatic rings. The molecule has 0 spiro atoms. The first kappa shape index (κ1) is 17.3. The molecule has 1 heterocycles. The van der Waals surface area contributed by atoms with Gasteiger partial charge in [0.25, 0.3) is 0 Å². The van der Waals surface area contributed by atoms with Crippen LogP contribution in [0.2, 0.25) is 0 Å². The Balaban J connectivity index is 1.77. The van der Waals surface area contributed by atoms with E-state index in [1.807, 2.05) is 32.0 Å². The van der Waals surface area contributed by atoms with E-state index in [1.54, 1.807) is 10.3 Å². The van der Waals surface area contributed by atoms with Crippen LogP contribution in [-0.4, -0.2) is 23.0 Å². The summed E-state index contributed by atoms with van der Waals surface area (Å²) in [6.45, 7) is 5.56. The molecule has 2 amide bonds. The van der Waals surface area contributed by atoms with Gasteiger partial charge in [0.2, 0.25) is 11.8 Å². The molecule has 0 aliphatic heterocycles. The summed E-state index contributed by atoms with van der Waals surface area (Å²) in [5.74, 6) is -0.0450. The van der Waals surface area contributed by atoms with E-state index in [-0.39, 0.29) is 17.7 Å². The van der Waals surface area contributed by atoms with E-state index in [4.69, 9.17) is 0 Å². The van der Waals surface area contributed by atoms with E-state index < -0.39 is 0 Å². The molecule has 7 heteroatoms. The number of carbonyl (C=O) groups excluding carboxylic acids is 2. The number of benzene rings is 1. The Morgan fingerprint density at radius 2 is 2.08 bits per heavy atom. The number of carbonyl (C=O) groups is 2. The van der Waals surface area contributed by atoms with Gasteiger partial charge in [-0.15, -0.1) is 11.3 Å². The maximum absolute atomic E-state index is 12.1. The van der Waals surface area contributed by atoms with Gasteiger partial charge in [0, 0.05) is 18.2 Å². The minimum atomic E-state index is -0.108.